The van der Waals surface area contributed by atoms with Gasteiger partial charge in [0.2, 0.25) is 0 Å². The van der Waals surface area contributed by atoms with E-state index in [-0.39, 0.29) is 11.0 Å². The number of nitrogens with two attached hydrogens (primary N) is 1. The van der Waals surface area contributed by atoms with E-state index in [9.17, 15) is 0 Å². The lowest BCUT2D eigenvalue weighted by Crippen LogP contribution is -2.00. The Kier molecular flexibility index (Phi) is 2.73. The van der Waals surface area contributed by atoms with Gasteiger partial charge in [-0.05, 0) is 18.2 Å². The summed E-state index contributed by atoms with van der Waals surface area (Å²) in [7, 11) is 0. The Hall–Kier alpha value is -0.970. The number of hydrogen-bond acceptors (Lipinski definition) is 3. The Bertz CT molecular complexity index is 489. The van der Waals surface area contributed by atoms with E-state index in [0.29, 0.717) is 15.7 Å². The molecule has 78 valence electrons. The molecule has 1 heterocycles. The summed E-state index contributed by atoms with van der Waals surface area (Å²) < 4.78 is 0. The van der Waals surface area contributed by atoms with Crippen LogP contribution in [0.4, 0.5) is 5.82 Å². The van der Waals surface area contributed by atoms with E-state index in [0.717, 1.165) is 0 Å². The van der Waals surface area contributed by atoms with Gasteiger partial charge in [-0.25, -0.2) is 0 Å². The van der Waals surface area contributed by atoms with Gasteiger partial charge in [0.15, 0.2) is 11.0 Å². The summed E-state index contributed by atoms with van der Waals surface area (Å²) in [5, 5.41) is 8.90. The maximum Gasteiger partial charge on any atom is 0.195 e. The van der Waals surface area contributed by atoms with Crippen molar-refractivity contribution < 1.29 is 0 Å². The summed E-state index contributed by atoms with van der Waals surface area (Å²) in [6, 6.07) is 4.94. The van der Waals surface area contributed by atoms with Crippen molar-refractivity contribution in [1.82, 2.24) is 15.0 Å². The molecule has 0 aliphatic rings. The van der Waals surface area contributed by atoms with E-state index in [1.807, 2.05) is 0 Å². The third kappa shape index (κ3) is 2.02. The van der Waals surface area contributed by atoms with Gasteiger partial charge in [-0.3, -0.25) is 0 Å². The molecule has 0 unspecified atom stereocenters. The number of hydrogen-bond donors (Lipinski definition) is 1. The van der Waals surface area contributed by atoms with Crippen molar-refractivity contribution in [3.8, 4) is 5.69 Å². The summed E-state index contributed by atoms with van der Waals surface area (Å²) in [5.74, 6) is 0.146. The molecule has 2 aromatic rings. The lowest BCUT2D eigenvalue weighted by atomic mass is 10.3. The van der Waals surface area contributed by atoms with Crippen molar-refractivity contribution in [2.75, 3.05) is 5.73 Å². The highest BCUT2D eigenvalue weighted by molar-refractivity contribution is 6.34. The minimum Gasteiger partial charge on any atom is -0.380 e. The fourth-order valence-electron chi connectivity index (χ4n) is 1.05. The highest BCUT2D eigenvalue weighted by Crippen LogP contribution is 2.24. The molecule has 0 saturated carbocycles. The fourth-order valence-corrected chi connectivity index (χ4v) is 1.52. The van der Waals surface area contributed by atoms with Crippen LogP contribution >= 0.6 is 34.8 Å². The zero-order valence-corrected chi connectivity index (χ0v) is 9.55. The first-order valence-corrected chi connectivity index (χ1v) is 5.05. The minimum atomic E-state index is 0.131. The molecule has 0 saturated heterocycles. The third-order valence-electron chi connectivity index (χ3n) is 1.72. The first kappa shape index (κ1) is 10.5. The smallest absolute Gasteiger partial charge is 0.195 e. The lowest BCUT2D eigenvalue weighted by Gasteiger charge is -2.02. The van der Waals surface area contributed by atoms with Crippen molar-refractivity contribution in [2.45, 2.75) is 0 Å². The van der Waals surface area contributed by atoms with E-state index >= 15 is 0 Å². The van der Waals surface area contributed by atoms with E-state index in [4.69, 9.17) is 40.5 Å². The predicted octanol–water partition coefficient (Wildman–Crippen LogP) is 2.81. The molecule has 0 spiro atoms. The van der Waals surface area contributed by atoms with Gasteiger partial charge in [0.1, 0.15) is 5.69 Å². The number of anilines is 1. The van der Waals surface area contributed by atoms with E-state index in [1.165, 1.54) is 4.80 Å². The predicted molar refractivity (Wildman–Crippen MR) is 60.8 cm³/mol. The van der Waals surface area contributed by atoms with Crippen LogP contribution in [0.1, 0.15) is 0 Å². The standard InChI is InChI=1S/C8H5Cl3N4/c9-4-1-2-5(10)6(3-4)15-13-7(11)8(12)14-15/h1-3H,(H2,12,14). The lowest BCUT2D eigenvalue weighted by molar-refractivity contribution is 0.755. The number of aromatic nitrogens is 3. The minimum absolute atomic E-state index is 0.131. The summed E-state index contributed by atoms with van der Waals surface area (Å²) in [4.78, 5) is 1.24. The topological polar surface area (TPSA) is 56.7 Å². The molecule has 1 aromatic carbocycles. The zero-order valence-electron chi connectivity index (χ0n) is 7.28. The number of nitrogen functional groups attached to an aromatic ring is 1. The summed E-state index contributed by atoms with van der Waals surface area (Å²) in [5.41, 5.74) is 5.99. The number of benzene rings is 1. The Labute approximate surface area is 101 Å². The highest BCUT2D eigenvalue weighted by atomic mass is 35.5. The van der Waals surface area contributed by atoms with Gasteiger partial charge in [-0.15, -0.1) is 15.0 Å². The van der Waals surface area contributed by atoms with Crippen LogP contribution in [0.15, 0.2) is 18.2 Å². The van der Waals surface area contributed by atoms with E-state index < -0.39 is 0 Å². The number of rotatable bonds is 1. The molecule has 0 aliphatic heterocycles. The van der Waals surface area contributed by atoms with Crippen molar-refractivity contribution in [3.05, 3.63) is 33.4 Å². The fraction of sp³-hybridized carbons (Fsp3) is 0. The monoisotopic (exact) mass is 262 g/mol. The Morgan fingerprint density at radius 3 is 2.47 bits per heavy atom. The second-order valence-electron chi connectivity index (χ2n) is 2.76. The Morgan fingerprint density at radius 2 is 1.87 bits per heavy atom. The third-order valence-corrected chi connectivity index (χ3v) is 2.54. The van der Waals surface area contributed by atoms with Gasteiger partial charge in [-0.2, -0.15) is 0 Å². The van der Waals surface area contributed by atoms with Crippen LogP contribution < -0.4 is 5.73 Å². The summed E-state index contributed by atoms with van der Waals surface area (Å²) >= 11 is 17.4. The molecule has 0 bridgehead atoms. The molecule has 2 N–H and O–H groups in total. The molecule has 0 fully saturated rings. The van der Waals surface area contributed by atoms with Crippen molar-refractivity contribution in [1.29, 1.82) is 0 Å². The van der Waals surface area contributed by atoms with Crippen molar-refractivity contribution >= 4 is 40.6 Å². The quantitative estimate of drug-likeness (QED) is 0.861. The SMILES string of the molecule is Nc1nn(-c2cc(Cl)ccc2Cl)nc1Cl. The number of halogens is 3. The average Bonchev–Trinajstić information content (AvgIpc) is 2.51. The highest BCUT2D eigenvalue weighted by Gasteiger charge is 2.10. The molecule has 2 rings (SSSR count). The first-order valence-electron chi connectivity index (χ1n) is 3.91. The van der Waals surface area contributed by atoms with Crippen LogP contribution in [0.2, 0.25) is 15.2 Å². The summed E-state index contributed by atoms with van der Waals surface area (Å²) in [6.07, 6.45) is 0. The molecule has 0 atom stereocenters. The van der Waals surface area contributed by atoms with Crippen LogP contribution in [0.25, 0.3) is 5.69 Å². The van der Waals surface area contributed by atoms with Crippen molar-refractivity contribution in [3.63, 3.8) is 0 Å². The summed E-state index contributed by atoms with van der Waals surface area (Å²) in [6.45, 7) is 0. The largest absolute Gasteiger partial charge is 0.380 e. The van der Waals surface area contributed by atoms with E-state index in [2.05, 4.69) is 10.2 Å². The molecule has 0 amide bonds. The number of nitrogens with zero attached hydrogens (tertiary/aromatic N) is 3. The van der Waals surface area contributed by atoms with Crippen LogP contribution in [-0.2, 0) is 0 Å². The second-order valence-corrected chi connectivity index (χ2v) is 3.96. The van der Waals surface area contributed by atoms with E-state index in [1.54, 1.807) is 18.2 Å². The first-order chi connectivity index (χ1) is 7.08. The zero-order chi connectivity index (χ0) is 11.0. The van der Waals surface area contributed by atoms with Crippen LogP contribution in [0.3, 0.4) is 0 Å². The van der Waals surface area contributed by atoms with Gasteiger partial charge in [0.25, 0.3) is 0 Å². The molecule has 0 aliphatic carbocycles. The maximum atomic E-state index is 5.95. The Balaban J connectivity index is 2.58. The normalized spacial score (nSPS) is 10.6. The van der Waals surface area contributed by atoms with Crippen LogP contribution in [-0.4, -0.2) is 15.0 Å². The van der Waals surface area contributed by atoms with Gasteiger partial charge in [0, 0.05) is 5.02 Å². The molecule has 15 heavy (non-hydrogen) atoms. The average molecular weight is 264 g/mol. The second kappa shape index (κ2) is 3.89. The molecule has 4 nitrogen and oxygen atoms in total. The van der Waals surface area contributed by atoms with Gasteiger partial charge < -0.3 is 5.73 Å². The van der Waals surface area contributed by atoms with Crippen LogP contribution in [0, 0.1) is 0 Å². The Morgan fingerprint density at radius 1 is 1.13 bits per heavy atom. The molecule has 7 heteroatoms. The molecular weight excluding hydrogens is 258 g/mol. The molecular formula is C8H5Cl3N4. The molecule has 1 aromatic heterocycles. The maximum absolute atomic E-state index is 5.95. The van der Waals surface area contributed by atoms with Gasteiger partial charge >= 0.3 is 0 Å². The molecule has 0 radical (unpaired) electrons. The van der Waals surface area contributed by atoms with Crippen LogP contribution in [0.5, 0.6) is 0 Å². The van der Waals surface area contributed by atoms with Crippen molar-refractivity contribution in [2.24, 2.45) is 0 Å². The van der Waals surface area contributed by atoms with Gasteiger partial charge in [-0.1, -0.05) is 34.8 Å². The van der Waals surface area contributed by atoms with Gasteiger partial charge in [0.05, 0.1) is 5.02 Å².